The first-order valence-corrected chi connectivity index (χ1v) is 11.3. The zero-order valence-corrected chi connectivity index (χ0v) is 19.7. The van der Waals surface area contributed by atoms with Crippen LogP contribution in [0.1, 0.15) is 30.5 Å². The van der Waals surface area contributed by atoms with E-state index >= 15 is 0 Å². The Balaban J connectivity index is 1.79. The van der Waals surface area contributed by atoms with Crippen molar-refractivity contribution >= 4 is 16.8 Å². The summed E-state index contributed by atoms with van der Waals surface area (Å²) in [6.45, 7) is 3.56. The molecule has 1 N–H and O–H groups in total. The molecule has 0 unspecified atom stereocenters. The van der Waals surface area contributed by atoms with Crippen molar-refractivity contribution < 1.29 is 18.0 Å². The van der Waals surface area contributed by atoms with Crippen LogP contribution in [-0.2, 0) is 23.9 Å². The molecular formula is C27H24F3N3O3. The van der Waals surface area contributed by atoms with E-state index in [0.717, 1.165) is 16.7 Å². The number of amides is 1. The standard InChI is InChI=1S/C27H24F3N3O3/c1-17(2)31-24(34)15-18-10-12-21(13-11-18)33-25(35)22-8-3-4-9-23(22)32(26(33)36)16-19-6-5-7-20(14-19)27(28,29)30/h3-14,17H,15-16H2,1-2H3,(H,31,34). The molecule has 4 aromatic rings. The molecule has 9 heteroatoms. The minimum Gasteiger partial charge on any atom is -0.354 e. The number of fused-ring (bicyclic) bond motifs is 1. The highest BCUT2D eigenvalue weighted by molar-refractivity contribution is 5.79. The molecule has 0 saturated heterocycles. The van der Waals surface area contributed by atoms with Gasteiger partial charge in [-0.1, -0.05) is 36.4 Å². The predicted molar refractivity (Wildman–Crippen MR) is 131 cm³/mol. The number of nitrogens with zero attached hydrogens (tertiary/aromatic N) is 2. The average molecular weight is 496 g/mol. The summed E-state index contributed by atoms with van der Waals surface area (Å²) in [6, 6.07) is 17.7. The molecule has 4 rings (SSSR count). The van der Waals surface area contributed by atoms with E-state index in [1.807, 2.05) is 13.8 Å². The number of halogens is 3. The quantitative estimate of drug-likeness (QED) is 0.434. The van der Waals surface area contributed by atoms with Crippen LogP contribution in [0.3, 0.4) is 0 Å². The summed E-state index contributed by atoms with van der Waals surface area (Å²) in [4.78, 5) is 38.8. The van der Waals surface area contributed by atoms with Crippen molar-refractivity contribution in [3.05, 3.63) is 110 Å². The van der Waals surface area contributed by atoms with Crippen molar-refractivity contribution in [2.24, 2.45) is 0 Å². The van der Waals surface area contributed by atoms with E-state index < -0.39 is 23.0 Å². The second-order valence-corrected chi connectivity index (χ2v) is 8.79. The molecule has 0 bridgehead atoms. The van der Waals surface area contributed by atoms with Gasteiger partial charge in [0.2, 0.25) is 5.91 Å². The minimum absolute atomic E-state index is 0.00300. The Kier molecular flexibility index (Phi) is 6.83. The van der Waals surface area contributed by atoms with Crippen LogP contribution in [0.2, 0.25) is 0 Å². The third-order valence-electron chi connectivity index (χ3n) is 5.65. The second kappa shape index (κ2) is 9.85. The molecule has 36 heavy (non-hydrogen) atoms. The van der Waals surface area contributed by atoms with Crippen LogP contribution in [0.25, 0.3) is 16.6 Å². The Bertz CT molecular complexity index is 1530. The van der Waals surface area contributed by atoms with Gasteiger partial charge in [-0.15, -0.1) is 0 Å². The fourth-order valence-electron chi connectivity index (χ4n) is 4.05. The van der Waals surface area contributed by atoms with Gasteiger partial charge in [-0.2, -0.15) is 13.2 Å². The number of alkyl halides is 3. The molecule has 0 radical (unpaired) electrons. The van der Waals surface area contributed by atoms with Crippen LogP contribution >= 0.6 is 0 Å². The third kappa shape index (κ3) is 5.25. The molecule has 186 valence electrons. The topological polar surface area (TPSA) is 73.1 Å². The molecular weight excluding hydrogens is 471 g/mol. The summed E-state index contributed by atoms with van der Waals surface area (Å²) in [5.41, 5.74) is -0.445. The Hall–Kier alpha value is -4.14. The van der Waals surface area contributed by atoms with Gasteiger partial charge in [-0.05, 0) is 61.4 Å². The molecule has 1 aromatic heterocycles. The number of hydrogen-bond acceptors (Lipinski definition) is 3. The molecule has 0 spiro atoms. The van der Waals surface area contributed by atoms with E-state index in [1.54, 1.807) is 48.5 Å². The number of aromatic nitrogens is 2. The van der Waals surface area contributed by atoms with Crippen LogP contribution in [-0.4, -0.2) is 21.1 Å². The summed E-state index contributed by atoms with van der Waals surface area (Å²) in [7, 11) is 0. The number of nitrogens with one attached hydrogen (secondary N) is 1. The van der Waals surface area contributed by atoms with E-state index in [2.05, 4.69) is 5.32 Å². The molecule has 0 atom stereocenters. The lowest BCUT2D eigenvalue weighted by molar-refractivity contribution is -0.137. The number of para-hydroxylation sites is 1. The van der Waals surface area contributed by atoms with Crippen molar-refractivity contribution in [2.75, 3.05) is 0 Å². The average Bonchev–Trinajstić information content (AvgIpc) is 2.82. The smallest absolute Gasteiger partial charge is 0.354 e. The Morgan fingerprint density at radius 1 is 0.917 bits per heavy atom. The zero-order valence-electron chi connectivity index (χ0n) is 19.7. The van der Waals surface area contributed by atoms with E-state index in [4.69, 9.17) is 0 Å². The summed E-state index contributed by atoms with van der Waals surface area (Å²) >= 11 is 0. The number of benzene rings is 3. The first-order valence-electron chi connectivity index (χ1n) is 11.3. The zero-order chi connectivity index (χ0) is 26.0. The van der Waals surface area contributed by atoms with Crippen molar-refractivity contribution in [1.82, 2.24) is 14.5 Å². The Morgan fingerprint density at radius 3 is 2.28 bits per heavy atom. The van der Waals surface area contributed by atoms with Crippen molar-refractivity contribution in [3.63, 3.8) is 0 Å². The van der Waals surface area contributed by atoms with Gasteiger partial charge in [0.05, 0.1) is 35.1 Å². The molecule has 0 aliphatic carbocycles. The maximum Gasteiger partial charge on any atom is 0.416 e. The highest BCUT2D eigenvalue weighted by atomic mass is 19.4. The lowest BCUT2D eigenvalue weighted by Crippen LogP contribution is -2.39. The Morgan fingerprint density at radius 2 is 1.61 bits per heavy atom. The van der Waals surface area contributed by atoms with Gasteiger partial charge in [-0.25, -0.2) is 9.36 Å². The number of carbonyl (C=O) groups excluding carboxylic acids is 1. The first kappa shape index (κ1) is 25.0. The van der Waals surface area contributed by atoms with Crippen LogP contribution in [0, 0.1) is 0 Å². The SMILES string of the molecule is CC(C)NC(=O)Cc1ccc(-n2c(=O)c3ccccc3n(Cc3cccc(C(F)(F)F)c3)c2=O)cc1. The van der Waals surface area contributed by atoms with E-state index in [9.17, 15) is 27.6 Å². The third-order valence-corrected chi connectivity index (χ3v) is 5.65. The maximum absolute atomic E-state index is 13.5. The Labute approximate surface area is 204 Å². The second-order valence-electron chi connectivity index (χ2n) is 8.79. The predicted octanol–water partition coefficient (Wildman–Crippen LogP) is 4.29. The highest BCUT2D eigenvalue weighted by Crippen LogP contribution is 2.29. The minimum atomic E-state index is -4.52. The first-order chi connectivity index (χ1) is 17.0. The van der Waals surface area contributed by atoms with Gasteiger partial charge in [0.15, 0.2) is 0 Å². The van der Waals surface area contributed by atoms with Crippen LogP contribution < -0.4 is 16.6 Å². The van der Waals surface area contributed by atoms with Crippen LogP contribution in [0.4, 0.5) is 13.2 Å². The lowest BCUT2D eigenvalue weighted by Gasteiger charge is -2.15. The van der Waals surface area contributed by atoms with Gasteiger partial charge in [-0.3, -0.25) is 14.2 Å². The summed E-state index contributed by atoms with van der Waals surface area (Å²) < 4.78 is 41.9. The number of hydrogen-bond donors (Lipinski definition) is 1. The van der Waals surface area contributed by atoms with E-state index in [-0.39, 0.29) is 35.9 Å². The van der Waals surface area contributed by atoms with Gasteiger partial charge in [0.25, 0.3) is 5.56 Å². The lowest BCUT2D eigenvalue weighted by atomic mass is 10.1. The fourth-order valence-corrected chi connectivity index (χ4v) is 4.05. The fraction of sp³-hybridized carbons (Fsp3) is 0.222. The monoisotopic (exact) mass is 495 g/mol. The van der Waals surface area contributed by atoms with E-state index in [1.165, 1.54) is 16.7 Å². The molecule has 1 heterocycles. The highest BCUT2D eigenvalue weighted by Gasteiger charge is 2.30. The molecule has 0 aliphatic heterocycles. The largest absolute Gasteiger partial charge is 0.416 e. The molecule has 3 aromatic carbocycles. The van der Waals surface area contributed by atoms with Crippen LogP contribution in [0.5, 0.6) is 0 Å². The summed E-state index contributed by atoms with van der Waals surface area (Å²) in [5, 5.41) is 3.06. The molecule has 6 nitrogen and oxygen atoms in total. The number of carbonyl (C=O) groups is 1. The van der Waals surface area contributed by atoms with Gasteiger partial charge in [0.1, 0.15) is 0 Å². The van der Waals surface area contributed by atoms with Crippen LogP contribution in [0.15, 0.2) is 82.4 Å². The van der Waals surface area contributed by atoms with E-state index in [0.29, 0.717) is 16.8 Å². The van der Waals surface area contributed by atoms with Crippen molar-refractivity contribution in [1.29, 1.82) is 0 Å². The summed E-state index contributed by atoms with van der Waals surface area (Å²) in [5.74, 6) is -0.149. The maximum atomic E-state index is 13.5. The van der Waals surface area contributed by atoms with Gasteiger partial charge < -0.3 is 5.32 Å². The molecule has 0 aliphatic rings. The van der Waals surface area contributed by atoms with Gasteiger partial charge >= 0.3 is 11.9 Å². The molecule has 0 fully saturated rings. The molecule has 0 saturated carbocycles. The van der Waals surface area contributed by atoms with Gasteiger partial charge in [0, 0.05) is 6.04 Å². The van der Waals surface area contributed by atoms with Crippen molar-refractivity contribution in [2.45, 2.75) is 39.0 Å². The molecule has 1 amide bonds. The van der Waals surface area contributed by atoms with Crippen molar-refractivity contribution in [3.8, 4) is 5.69 Å². The summed E-state index contributed by atoms with van der Waals surface area (Å²) in [6.07, 6.45) is -4.37. The normalized spacial score (nSPS) is 11.7. The number of rotatable bonds is 6.